The van der Waals surface area contributed by atoms with E-state index in [2.05, 4.69) is 0 Å². The molecular weight excluding hydrogens is 359 g/mol. The number of nitrogens with zero attached hydrogens (tertiary/aromatic N) is 1. The van der Waals surface area contributed by atoms with Gasteiger partial charge in [-0.3, -0.25) is 4.79 Å². The van der Waals surface area contributed by atoms with Crippen molar-refractivity contribution in [2.75, 3.05) is 26.3 Å². The fraction of sp³-hybridized carbons (Fsp3) is 0.632. The molecule has 1 aliphatic carbocycles. The summed E-state index contributed by atoms with van der Waals surface area (Å²) >= 11 is 0. The molecule has 0 radical (unpaired) electrons. The van der Waals surface area contributed by atoms with Crippen molar-refractivity contribution in [2.45, 2.75) is 44.9 Å². The number of carbonyl (C=O) groups is 1. The monoisotopic (exact) mass is 386 g/mol. The van der Waals surface area contributed by atoms with Gasteiger partial charge in [0.2, 0.25) is 5.91 Å². The molecule has 3 unspecified atom stereocenters. The van der Waals surface area contributed by atoms with Crippen LogP contribution in [0.15, 0.2) is 24.3 Å². The first-order valence-corrected chi connectivity index (χ1v) is 8.86. The third kappa shape index (κ3) is 3.48. The lowest BCUT2D eigenvalue weighted by molar-refractivity contribution is -0.184. The Morgan fingerprint density at radius 2 is 2.04 bits per heavy atom. The van der Waals surface area contributed by atoms with Crippen LogP contribution >= 0.6 is 12.4 Å². The van der Waals surface area contributed by atoms with Crippen LogP contribution in [0.2, 0.25) is 0 Å². The van der Waals surface area contributed by atoms with Gasteiger partial charge in [0.25, 0.3) is 0 Å². The summed E-state index contributed by atoms with van der Waals surface area (Å²) in [5, 5.41) is 0. The number of hydrogen-bond donors (Lipinski definition) is 1. The van der Waals surface area contributed by atoms with Crippen LogP contribution < -0.4 is 5.73 Å². The highest BCUT2D eigenvalue weighted by atomic mass is 35.5. The van der Waals surface area contributed by atoms with Gasteiger partial charge in [0.05, 0.1) is 19.3 Å². The SMILES string of the molecule is CCOC1CC(N)(C(=O)N2CCOC(c3ccc(F)cc3)C2)C1(C)C.Cl. The molecule has 1 saturated carbocycles. The number of amides is 1. The lowest BCUT2D eigenvalue weighted by Crippen LogP contribution is -2.76. The minimum absolute atomic E-state index is 0. The number of nitrogens with two attached hydrogens (primary N) is 1. The van der Waals surface area contributed by atoms with Crippen molar-refractivity contribution < 1.29 is 18.7 Å². The van der Waals surface area contributed by atoms with Gasteiger partial charge in [-0.25, -0.2) is 4.39 Å². The predicted octanol–water partition coefficient (Wildman–Crippen LogP) is 2.68. The molecule has 5 nitrogen and oxygen atoms in total. The maximum atomic E-state index is 13.1. The molecule has 7 heteroatoms. The van der Waals surface area contributed by atoms with Gasteiger partial charge in [-0.05, 0) is 24.6 Å². The van der Waals surface area contributed by atoms with E-state index in [1.54, 1.807) is 17.0 Å². The van der Waals surface area contributed by atoms with Crippen LogP contribution in [-0.4, -0.2) is 48.8 Å². The normalized spacial score (nSPS) is 30.3. The van der Waals surface area contributed by atoms with Gasteiger partial charge < -0.3 is 20.1 Å². The molecule has 1 heterocycles. The maximum Gasteiger partial charge on any atom is 0.243 e. The molecular formula is C19H28ClFN2O3. The van der Waals surface area contributed by atoms with Crippen molar-refractivity contribution in [3.63, 3.8) is 0 Å². The Labute approximate surface area is 160 Å². The van der Waals surface area contributed by atoms with E-state index in [4.69, 9.17) is 15.2 Å². The van der Waals surface area contributed by atoms with Crippen molar-refractivity contribution in [1.29, 1.82) is 0 Å². The average molecular weight is 387 g/mol. The van der Waals surface area contributed by atoms with Gasteiger partial charge in [0.1, 0.15) is 17.5 Å². The van der Waals surface area contributed by atoms with E-state index in [1.807, 2.05) is 20.8 Å². The van der Waals surface area contributed by atoms with Gasteiger partial charge in [0, 0.05) is 25.0 Å². The van der Waals surface area contributed by atoms with Crippen molar-refractivity contribution in [2.24, 2.45) is 11.1 Å². The number of morpholine rings is 1. The number of benzene rings is 1. The molecule has 1 amide bonds. The standard InChI is InChI=1S/C19H27FN2O3.ClH/c1-4-24-16-11-19(21,18(16,2)3)17(23)22-9-10-25-15(12-22)13-5-7-14(20)8-6-13;/h5-8,15-16H,4,9-12,21H2,1-3H3;1H. The second kappa shape index (κ2) is 7.80. The lowest BCUT2D eigenvalue weighted by Gasteiger charge is -2.59. The summed E-state index contributed by atoms with van der Waals surface area (Å²) in [4.78, 5) is 14.9. The van der Waals surface area contributed by atoms with E-state index in [1.165, 1.54) is 12.1 Å². The molecule has 3 atom stereocenters. The highest BCUT2D eigenvalue weighted by Crippen LogP contribution is 2.50. The second-order valence-electron chi connectivity index (χ2n) is 7.50. The summed E-state index contributed by atoms with van der Waals surface area (Å²) in [6, 6.07) is 6.21. The van der Waals surface area contributed by atoms with Crippen molar-refractivity contribution in [3.05, 3.63) is 35.6 Å². The maximum absolute atomic E-state index is 13.1. The molecule has 26 heavy (non-hydrogen) atoms. The molecule has 2 fully saturated rings. The molecule has 0 spiro atoms. The van der Waals surface area contributed by atoms with Crippen LogP contribution in [0.4, 0.5) is 4.39 Å². The molecule has 1 saturated heterocycles. The van der Waals surface area contributed by atoms with Crippen LogP contribution in [0, 0.1) is 11.2 Å². The number of halogens is 2. The molecule has 2 aliphatic rings. The fourth-order valence-electron chi connectivity index (χ4n) is 3.79. The first-order valence-electron chi connectivity index (χ1n) is 8.86. The first-order chi connectivity index (χ1) is 11.8. The van der Waals surface area contributed by atoms with E-state index in [0.717, 1.165) is 5.56 Å². The third-order valence-electron chi connectivity index (χ3n) is 5.81. The Morgan fingerprint density at radius 1 is 1.38 bits per heavy atom. The molecule has 2 N–H and O–H groups in total. The molecule has 0 bridgehead atoms. The van der Waals surface area contributed by atoms with E-state index in [-0.39, 0.29) is 36.3 Å². The van der Waals surface area contributed by atoms with Crippen molar-refractivity contribution in [1.82, 2.24) is 4.90 Å². The van der Waals surface area contributed by atoms with Gasteiger partial charge in [-0.2, -0.15) is 0 Å². The zero-order valence-corrected chi connectivity index (χ0v) is 16.4. The van der Waals surface area contributed by atoms with Crippen LogP contribution in [-0.2, 0) is 14.3 Å². The van der Waals surface area contributed by atoms with E-state index >= 15 is 0 Å². The van der Waals surface area contributed by atoms with E-state index in [9.17, 15) is 9.18 Å². The molecule has 146 valence electrons. The first kappa shape index (κ1) is 21.1. The summed E-state index contributed by atoms with van der Waals surface area (Å²) in [6.07, 6.45) is 0.277. The Hall–Kier alpha value is -1.21. The van der Waals surface area contributed by atoms with Gasteiger partial charge >= 0.3 is 0 Å². The van der Waals surface area contributed by atoms with Crippen LogP contribution in [0.3, 0.4) is 0 Å². The lowest BCUT2D eigenvalue weighted by atomic mass is 9.54. The molecule has 1 aromatic carbocycles. The second-order valence-corrected chi connectivity index (χ2v) is 7.50. The minimum atomic E-state index is -0.919. The third-order valence-corrected chi connectivity index (χ3v) is 5.81. The molecule has 3 rings (SSSR count). The van der Waals surface area contributed by atoms with E-state index in [0.29, 0.717) is 32.7 Å². The highest BCUT2D eigenvalue weighted by molar-refractivity contribution is 5.89. The Kier molecular flexibility index (Phi) is 6.33. The number of hydrogen-bond acceptors (Lipinski definition) is 4. The zero-order valence-electron chi connectivity index (χ0n) is 15.5. The van der Waals surface area contributed by atoms with E-state index < -0.39 is 11.0 Å². The number of carbonyl (C=O) groups excluding carboxylic acids is 1. The molecule has 1 aliphatic heterocycles. The topological polar surface area (TPSA) is 64.8 Å². The quantitative estimate of drug-likeness (QED) is 0.864. The van der Waals surface area contributed by atoms with Gasteiger partial charge in [0.15, 0.2) is 0 Å². The summed E-state index contributed by atoms with van der Waals surface area (Å²) in [6.45, 7) is 7.94. The van der Waals surface area contributed by atoms with Gasteiger partial charge in [-0.1, -0.05) is 26.0 Å². The summed E-state index contributed by atoms with van der Waals surface area (Å²) < 4.78 is 24.6. The molecule has 1 aromatic rings. The summed E-state index contributed by atoms with van der Waals surface area (Å²) in [7, 11) is 0. The Bertz CT molecular complexity index is 640. The minimum Gasteiger partial charge on any atom is -0.378 e. The van der Waals surface area contributed by atoms with Crippen molar-refractivity contribution >= 4 is 18.3 Å². The summed E-state index contributed by atoms with van der Waals surface area (Å²) in [5.74, 6) is -0.338. The van der Waals surface area contributed by atoms with Crippen molar-refractivity contribution in [3.8, 4) is 0 Å². The number of ether oxygens (including phenoxy) is 2. The largest absolute Gasteiger partial charge is 0.378 e. The smallest absolute Gasteiger partial charge is 0.243 e. The fourth-order valence-corrected chi connectivity index (χ4v) is 3.79. The number of rotatable bonds is 4. The Morgan fingerprint density at radius 3 is 2.62 bits per heavy atom. The summed E-state index contributed by atoms with van der Waals surface area (Å²) in [5.41, 5.74) is 6.05. The van der Waals surface area contributed by atoms with Crippen LogP contribution in [0.25, 0.3) is 0 Å². The predicted molar refractivity (Wildman–Crippen MR) is 99.7 cm³/mol. The zero-order chi connectivity index (χ0) is 18.2. The van der Waals surface area contributed by atoms with Crippen LogP contribution in [0.5, 0.6) is 0 Å². The van der Waals surface area contributed by atoms with Gasteiger partial charge in [-0.15, -0.1) is 12.4 Å². The highest BCUT2D eigenvalue weighted by Gasteiger charge is 2.63. The van der Waals surface area contributed by atoms with Crippen LogP contribution in [0.1, 0.15) is 38.9 Å². The Balaban J connectivity index is 0.00000243. The molecule has 0 aromatic heterocycles. The average Bonchev–Trinajstić information content (AvgIpc) is 2.61.